The Balaban J connectivity index is 2.78. The van der Waals surface area contributed by atoms with Crippen LogP contribution < -0.4 is 5.73 Å². The minimum absolute atomic E-state index is 0.411. The summed E-state index contributed by atoms with van der Waals surface area (Å²) in [6, 6.07) is 6.60. The summed E-state index contributed by atoms with van der Waals surface area (Å²) >= 11 is 3.33. The Morgan fingerprint density at radius 3 is 2.56 bits per heavy atom. The first-order chi connectivity index (χ1) is 7.29. The van der Waals surface area contributed by atoms with Gasteiger partial charge in [-0.15, -0.1) is 0 Å². The van der Waals surface area contributed by atoms with Gasteiger partial charge in [-0.2, -0.15) is 0 Å². The van der Waals surface area contributed by atoms with E-state index in [1.165, 1.54) is 0 Å². The van der Waals surface area contributed by atoms with Crippen molar-refractivity contribution >= 4 is 21.9 Å². The summed E-state index contributed by atoms with van der Waals surface area (Å²) < 4.78 is 6.11. The lowest BCUT2D eigenvalue weighted by Gasteiger charge is -2.22. The Bertz CT molecular complexity index is 385. The van der Waals surface area contributed by atoms with Gasteiger partial charge in [0.05, 0.1) is 0 Å². The number of esters is 1. The zero-order valence-corrected chi connectivity index (χ0v) is 11.2. The molecule has 4 heteroatoms. The molecule has 0 spiro atoms. The van der Waals surface area contributed by atoms with Crippen molar-refractivity contribution in [2.75, 3.05) is 0 Å². The molecule has 0 radical (unpaired) electrons. The molecule has 0 aliphatic carbocycles. The molecular weight excluding hydrogens is 270 g/mol. The van der Waals surface area contributed by atoms with Gasteiger partial charge in [0.1, 0.15) is 11.6 Å². The Morgan fingerprint density at radius 2 is 2.06 bits per heavy atom. The summed E-state index contributed by atoms with van der Waals surface area (Å²) in [5.41, 5.74) is 6.05. The van der Waals surface area contributed by atoms with Crippen molar-refractivity contribution in [3.8, 4) is 0 Å². The molecule has 1 rings (SSSR count). The lowest BCUT2D eigenvalue weighted by molar-refractivity contribution is -0.156. The van der Waals surface area contributed by atoms with Gasteiger partial charge in [0.15, 0.2) is 0 Å². The molecule has 0 unspecified atom stereocenters. The lowest BCUT2D eigenvalue weighted by Crippen LogP contribution is -2.31. The van der Waals surface area contributed by atoms with Crippen LogP contribution in [0.5, 0.6) is 0 Å². The van der Waals surface area contributed by atoms with Crippen LogP contribution in [-0.4, -0.2) is 11.6 Å². The molecule has 2 N–H and O–H groups in total. The highest BCUT2D eigenvalue weighted by Gasteiger charge is 2.23. The number of carbonyl (C=O) groups excluding carboxylic acids is 1. The van der Waals surface area contributed by atoms with E-state index in [1.807, 2.05) is 39.0 Å². The van der Waals surface area contributed by atoms with Crippen LogP contribution in [0.25, 0.3) is 0 Å². The first-order valence-electron chi connectivity index (χ1n) is 5.03. The molecule has 0 fully saturated rings. The molecule has 88 valence electrons. The van der Waals surface area contributed by atoms with Crippen LogP contribution in [0.4, 0.5) is 0 Å². The third kappa shape index (κ3) is 3.94. The van der Waals surface area contributed by atoms with Crippen LogP contribution in [0.3, 0.4) is 0 Å². The van der Waals surface area contributed by atoms with Crippen molar-refractivity contribution in [1.29, 1.82) is 0 Å². The van der Waals surface area contributed by atoms with Gasteiger partial charge in [0.25, 0.3) is 0 Å². The second kappa shape index (κ2) is 4.97. The number of rotatable bonds is 2. The average Bonchev–Trinajstić information content (AvgIpc) is 2.14. The largest absolute Gasteiger partial charge is 0.459 e. The van der Waals surface area contributed by atoms with Gasteiger partial charge in [-0.25, -0.2) is 4.79 Å². The average molecular weight is 286 g/mol. The normalized spacial score (nSPS) is 13.3. The van der Waals surface area contributed by atoms with E-state index < -0.39 is 17.6 Å². The standard InChI is InChI=1S/C12H16BrNO2/c1-12(2,3)16-11(15)10(14)8-5-4-6-9(13)7-8/h4-7,10H,14H2,1-3H3/t10-/m1/s1. The van der Waals surface area contributed by atoms with Crippen molar-refractivity contribution in [2.24, 2.45) is 5.73 Å². The third-order valence-corrected chi connectivity index (χ3v) is 2.36. The van der Waals surface area contributed by atoms with Crippen molar-refractivity contribution in [3.63, 3.8) is 0 Å². The summed E-state index contributed by atoms with van der Waals surface area (Å²) in [6.45, 7) is 5.45. The van der Waals surface area contributed by atoms with E-state index in [4.69, 9.17) is 10.5 Å². The molecule has 0 saturated carbocycles. The molecule has 1 aromatic carbocycles. The van der Waals surface area contributed by atoms with Crippen LogP contribution in [-0.2, 0) is 9.53 Å². The summed E-state index contributed by atoms with van der Waals surface area (Å²) in [6.07, 6.45) is 0. The lowest BCUT2D eigenvalue weighted by atomic mass is 10.1. The van der Waals surface area contributed by atoms with Gasteiger partial charge >= 0.3 is 5.97 Å². The van der Waals surface area contributed by atoms with Crippen molar-refractivity contribution in [2.45, 2.75) is 32.4 Å². The van der Waals surface area contributed by atoms with Crippen LogP contribution in [0.2, 0.25) is 0 Å². The monoisotopic (exact) mass is 285 g/mol. The SMILES string of the molecule is CC(C)(C)OC(=O)[C@H](N)c1cccc(Br)c1. The smallest absolute Gasteiger partial charge is 0.328 e. The topological polar surface area (TPSA) is 52.3 Å². The third-order valence-electron chi connectivity index (χ3n) is 1.87. The molecule has 16 heavy (non-hydrogen) atoms. The molecule has 0 bridgehead atoms. The molecule has 0 aromatic heterocycles. The fourth-order valence-electron chi connectivity index (χ4n) is 1.20. The Labute approximate surface area is 104 Å². The zero-order chi connectivity index (χ0) is 12.3. The fourth-order valence-corrected chi connectivity index (χ4v) is 1.62. The molecular formula is C12H16BrNO2. The highest BCUT2D eigenvalue weighted by Crippen LogP contribution is 2.19. The zero-order valence-electron chi connectivity index (χ0n) is 9.66. The predicted molar refractivity (Wildman–Crippen MR) is 66.9 cm³/mol. The Morgan fingerprint density at radius 1 is 1.44 bits per heavy atom. The van der Waals surface area contributed by atoms with E-state index in [1.54, 1.807) is 6.07 Å². The van der Waals surface area contributed by atoms with Crippen molar-refractivity contribution in [1.82, 2.24) is 0 Å². The number of ether oxygens (including phenoxy) is 1. The van der Waals surface area contributed by atoms with E-state index in [0.29, 0.717) is 0 Å². The van der Waals surface area contributed by atoms with E-state index in [9.17, 15) is 4.79 Å². The summed E-state index contributed by atoms with van der Waals surface area (Å²) in [5.74, 6) is -0.411. The van der Waals surface area contributed by atoms with Gasteiger partial charge in [-0.05, 0) is 38.5 Å². The molecule has 0 aliphatic heterocycles. The molecule has 3 nitrogen and oxygen atoms in total. The second-order valence-corrected chi connectivity index (χ2v) is 5.48. The number of hydrogen-bond donors (Lipinski definition) is 1. The van der Waals surface area contributed by atoms with E-state index >= 15 is 0 Å². The Hall–Kier alpha value is -0.870. The van der Waals surface area contributed by atoms with Gasteiger partial charge < -0.3 is 10.5 Å². The van der Waals surface area contributed by atoms with Gasteiger partial charge in [0.2, 0.25) is 0 Å². The van der Waals surface area contributed by atoms with E-state index in [0.717, 1.165) is 10.0 Å². The van der Waals surface area contributed by atoms with Gasteiger partial charge in [0, 0.05) is 4.47 Å². The van der Waals surface area contributed by atoms with E-state index in [2.05, 4.69) is 15.9 Å². The Kier molecular flexibility index (Phi) is 4.10. The quantitative estimate of drug-likeness (QED) is 0.850. The number of benzene rings is 1. The maximum atomic E-state index is 11.7. The molecule has 0 aliphatic rings. The van der Waals surface area contributed by atoms with Crippen molar-refractivity contribution in [3.05, 3.63) is 34.3 Å². The molecule has 0 amide bonds. The number of nitrogens with two attached hydrogens (primary N) is 1. The summed E-state index contributed by atoms with van der Waals surface area (Å²) in [5, 5.41) is 0. The summed E-state index contributed by atoms with van der Waals surface area (Å²) in [4.78, 5) is 11.7. The maximum absolute atomic E-state index is 11.7. The maximum Gasteiger partial charge on any atom is 0.328 e. The number of halogens is 1. The van der Waals surface area contributed by atoms with Gasteiger partial charge in [-0.3, -0.25) is 0 Å². The highest BCUT2D eigenvalue weighted by atomic mass is 79.9. The van der Waals surface area contributed by atoms with Crippen LogP contribution in [0.1, 0.15) is 32.4 Å². The first-order valence-corrected chi connectivity index (χ1v) is 5.83. The first kappa shape index (κ1) is 13.2. The van der Waals surface area contributed by atoms with Crippen LogP contribution >= 0.6 is 15.9 Å². The second-order valence-electron chi connectivity index (χ2n) is 4.57. The minimum Gasteiger partial charge on any atom is -0.459 e. The van der Waals surface area contributed by atoms with Crippen LogP contribution in [0.15, 0.2) is 28.7 Å². The van der Waals surface area contributed by atoms with E-state index in [-0.39, 0.29) is 0 Å². The molecule has 0 heterocycles. The fraction of sp³-hybridized carbons (Fsp3) is 0.417. The highest BCUT2D eigenvalue weighted by molar-refractivity contribution is 9.10. The van der Waals surface area contributed by atoms with Crippen LogP contribution in [0, 0.1) is 0 Å². The predicted octanol–water partition coefficient (Wildman–Crippen LogP) is 2.79. The molecule has 1 atom stereocenters. The number of carbonyl (C=O) groups is 1. The minimum atomic E-state index is -0.739. The molecule has 0 saturated heterocycles. The molecule has 1 aromatic rings. The van der Waals surface area contributed by atoms with Gasteiger partial charge in [-0.1, -0.05) is 28.1 Å². The van der Waals surface area contributed by atoms with Crippen molar-refractivity contribution < 1.29 is 9.53 Å². The number of hydrogen-bond acceptors (Lipinski definition) is 3. The summed E-state index contributed by atoms with van der Waals surface area (Å²) in [7, 11) is 0.